The first-order valence-corrected chi connectivity index (χ1v) is 11.7. The van der Waals surface area contributed by atoms with Gasteiger partial charge in [0, 0.05) is 21.4 Å². The van der Waals surface area contributed by atoms with Crippen molar-refractivity contribution in [3.05, 3.63) is 87.4 Å². The monoisotopic (exact) mass is 523 g/mol. The Balaban J connectivity index is 1.70. The Hall–Kier alpha value is -3.99. The summed E-state index contributed by atoms with van der Waals surface area (Å²) in [6, 6.07) is 18.6. The van der Waals surface area contributed by atoms with Crippen molar-refractivity contribution in [1.82, 2.24) is 0 Å². The molecule has 2 N–H and O–H groups in total. The third-order valence-electron chi connectivity index (χ3n) is 4.86. The van der Waals surface area contributed by atoms with E-state index in [1.165, 1.54) is 6.08 Å². The van der Waals surface area contributed by atoms with E-state index < -0.39 is 5.91 Å². The van der Waals surface area contributed by atoms with Crippen LogP contribution >= 0.6 is 23.2 Å². The van der Waals surface area contributed by atoms with Crippen LogP contribution in [0.25, 0.3) is 6.08 Å². The number of carbonyl (C=O) groups excluding carboxylic acids is 2. The topological polar surface area (TPSA) is 100 Å². The van der Waals surface area contributed by atoms with Crippen molar-refractivity contribution in [1.29, 1.82) is 5.26 Å². The minimum Gasteiger partial charge on any atom is -0.490 e. The maximum Gasteiger partial charge on any atom is 0.266 e. The number of nitrogens with zero attached hydrogens (tertiary/aromatic N) is 1. The number of nitrogens with one attached hydrogen (secondary N) is 2. The average molecular weight is 524 g/mol. The molecular weight excluding hydrogens is 501 g/mol. The summed E-state index contributed by atoms with van der Waals surface area (Å²) in [5, 5.41) is 16.0. The van der Waals surface area contributed by atoms with Gasteiger partial charge in [0.05, 0.1) is 6.61 Å². The van der Waals surface area contributed by atoms with Gasteiger partial charge in [-0.3, -0.25) is 9.59 Å². The zero-order valence-electron chi connectivity index (χ0n) is 19.6. The number of anilines is 2. The number of nitriles is 1. The highest BCUT2D eigenvalue weighted by Gasteiger charge is 2.13. The van der Waals surface area contributed by atoms with E-state index in [0.717, 1.165) is 5.56 Å². The molecule has 184 valence electrons. The Kier molecular flexibility index (Phi) is 9.34. The van der Waals surface area contributed by atoms with Gasteiger partial charge in [0.25, 0.3) is 11.8 Å². The van der Waals surface area contributed by atoms with Crippen molar-refractivity contribution < 1.29 is 19.1 Å². The van der Waals surface area contributed by atoms with Crippen LogP contribution in [0.2, 0.25) is 10.0 Å². The van der Waals surface area contributed by atoms with Crippen molar-refractivity contribution in [2.75, 3.05) is 23.8 Å². The van der Waals surface area contributed by atoms with Gasteiger partial charge in [0.2, 0.25) is 0 Å². The van der Waals surface area contributed by atoms with Gasteiger partial charge in [-0.15, -0.1) is 0 Å². The van der Waals surface area contributed by atoms with Crippen LogP contribution in [0.1, 0.15) is 18.1 Å². The minimum absolute atomic E-state index is 0.0998. The second kappa shape index (κ2) is 12.6. The van der Waals surface area contributed by atoms with E-state index in [4.69, 9.17) is 32.7 Å². The van der Waals surface area contributed by atoms with E-state index in [9.17, 15) is 14.9 Å². The molecule has 36 heavy (non-hydrogen) atoms. The van der Waals surface area contributed by atoms with Gasteiger partial charge >= 0.3 is 0 Å². The van der Waals surface area contributed by atoms with Gasteiger partial charge in [-0.25, -0.2) is 0 Å². The van der Waals surface area contributed by atoms with Crippen LogP contribution in [0, 0.1) is 18.3 Å². The molecule has 0 saturated heterocycles. The van der Waals surface area contributed by atoms with E-state index in [0.29, 0.717) is 45.1 Å². The summed E-state index contributed by atoms with van der Waals surface area (Å²) in [5.41, 5.74) is 2.43. The Morgan fingerprint density at radius 1 is 0.944 bits per heavy atom. The highest BCUT2D eigenvalue weighted by Crippen LogP contribution is 2.30. The maximum absolute atomic E-state index is 12.5. The predicted molar refractivity (Wildman–Crippen MR) is 142 cm³/mol. The fraction of sp³-hybridized carbons (Fsp3) is 0.148. The van der Waals surface area contributed by atoms with Crippen molar-refractivity contribution in [2.45, 2.75) is 13.8 Å². The number of aryl methyl sites for hydroxylation is 1. The molecule has 7 nitrogen and oxygen atoms in total. The van der Waals surface area contributed by atoms with E-state index >= 15 is 0 Å². The normalized spacial score (nSPS) is 10.8. The molecule has 0 unspecified atom stereocenters. The lowest BCUT2D eigenvalue weighted by Crippen LogP contribution is -2.20. The van der Waals surface area contributed by atoms with Crippen molar-refractivity contribution in [3.8, 4) is 17.6 Å². The Labute approximate surface area is 219 Å². The van der Waals surface area contributed by atoms with Crippen LogP contribution in [0.4, 0.5) is 11.4 Å². The number of rotatable bonds is 9. The summed E-state index contributed by atoms with van der Waals surface area (Å²) in [5.74, 6) is -0.221. The number of benzene rings is 3. The van der Waals surface area contributed by atoms with Gasteiger partial charge in [0.1, 0.15) is 11.6 Å². The molecule has 0 aliphatic heterocycles. The van der Waals surface area contributed by atoms with Crippen LogP contribution in [-0.2, 0) is 9.59 Å². The minimum atomic E-state index is -0.564. The first-order chi connectivity index (χ1) is 17.3. The van der Waals surface area contributed by atoms with Crippen molar-refractivity contribution in [2.24, 2.45) is 0 Å². The van der Waals surface area contributed by atoms with Crippen molar-refractivity contribution in [3.63, 3.8) is 0 Å². The number of hydrogen-bond donors (Lipinski definition) is 2. The lowest BCUT2D eigenvalue weighted by molar-refractivity contribution is -0.118. The van der Waals surface area contributed by atoms with Gasteiger partial charge < -0.3 is 20.1 Å². The number of ether oxygens (including phenoxy) is 2. The molecule has 0 heterocycles. The van der Waals surface area contributed by atoms with Crippen molar-refractivity contribution >= 4 is 52.5 Å². The van der Waals surface area contributed by atoms with Crippen LogP contribution in [-0.4, -0.2) is 25.0 Å². The van der Waals surface area contributed by atoms with E-state index in [-0.39, 0.29) is 18.1 Å². The zero-order valence-corrected chi connectivity index (χ0v) is 21.1. The smallest absolute Gasteiger partial charge is 0.266 e. The third-order valence-corrected chi connectivity index (χ3v) is 5.52. The molecule has 3 aromatic rings. The van der Waals surface area contributed by atoms with Crippen LogP contribution in [0.5, 0.6) is 11.5 Å². The number of halogens is 2. The Morgan fingerprint density at radius 3 is 2.33 bits per heavy atom. The fourth-order valence-corrected chi connectivity index (χ4v) is 3.37. The summed E-state index contributed by atoms with van der Waals surface area (Å²) >= 11 is 12.0. The molecule has 2 amide bonds. The van der Waals surface area contributed by atoms with Gasteiger partial charge in [-0.05, 0) is 79.6 Å². The average Bonchev–Trinajstić information content (AvgIpc) is 2.85. The molecule has 9 heteroatoms. The molecule has 0 fully saturated rings. The molecule has 0 aliphatic rings. The molecule has 0 radical (unpaired) electrons. The molecule has 0 saturated carbocycles. The quantitative estimate of drug-likeness (QED) is 0.254. The molecule has 0 spiro atoms. The molecule has 0 aliphatic carbocycles. The largest absolute Gasteiger partial charge is 0.490 e. The molecule has 3 aromatic carbocycles. The van der Waals surface area contributed by atoms with E-state index in [1.54, 1.807) is 61.5 Å². The molecule has 0 bridgehead atoms. The van der Waals surface area contributed by atoms with E-state index in [2.05, 4.69) is 10.6 Å². The maximum atomic E-state index is 12.5. The molecule has 0 aromatic heterocycles. The lowest BCUT2D eigenvalue weighted by atomic mass is 10.1. The molecular formula is C27H23Cl2N3O4. The van der Waals surface area contributed by atoms with Gasteiger partial charge in [-0.2, -0.15) is 5.26 Å². The van der Waals surface area contributed by atoms with Gasteiger partial charge in [-0.1, -0.05) is 35.3 Å². The summed E-state index contributed by atoms with van der Waals surface area (Å²) in [6.07, 6.45) is 1.44. The summed E-state index contributed by atoms with van der Waals surface area (Å²) < 4.78 is 11.3. The molecule has 0 atom stereocenters. The lowest BCUT2D eigenvalue weighted by Gasteiger charge is -2.13. The summed E-state index contributed by atoms with van der Waals surface area (Å²) in [4.78, 5) is 24.9. The standard InChI is InChI=1S/C27H23Cl2N3O4/c1-3-35-25-13-18(12-19(15-30)27(34)32-21-9-6-20(28)7-10-21)5-11-24(25)36-16-26(33)31-22-8-4-17(2)23(29)14-22/h4-14H,3,16H2,1-2H3,(H,31,33)(H,32,34)/b19-12-. The first-order valence-electron chi connectivity index (χ1n) is 10.9. The SMILES string of the molecule is CCOc1cc(/C=C(/C#N)C(=O)Nc2ccc(Cl)cc2)ccc1OCC(=O)Nc1ccc(C)c(Cl)c1. The Bertz CT molecular complexity index is 1330. The van der Waals surface area contributed by atoms with Gasteiger partial charge in [0.15, 0.2) is 18.1 Å². The zero-order chi connectivity index (χ0) is 26.1. The number of amides is 2. The highest BCUT2D eigenvalue weighted by molar-refractivity contribution is 6.31. The highest BCUT2D eigenvalue weighted by atomic mass is 35.5. The second-order valence-corrected chi connectivity index (χ2v) is 8.41. The van der Waals surface area contributed by atoms with Crippen LogP contribution in [0.15, 0.2) is 66.2 Å². The molecule has 3 rings (SSSR count). The summed E-state index contributed by atoms with van der Waals surface area (Å²) in [6.45, 7) is 3.77. The third kappa shape index (κ3) is 7.51. The van der Waals surface area contributed by atoms with Crippen LogP contribution < -0.4 is 20.1 Å². The number of carbonyl (C=O) groups is 2. The summed E-state index contributed by atoms with van der Waals surface area (Å²) in [7, 11) is 0. The first kappa shape index (κ1) is 26.6. The van der Waals surface area contributed by atoms with Crippen LogP contribution in [0.3, 0.4) is 0 Å². The Morgan fingerprint density at radius 2 is 1.67 bits per heavy atom. The predicted octanol–water partition coefficient (Wildman–Crippen LogP) is 6.26. The number of hydrogen-bond acceptors (Lipinski definition) is 5. The second-order valence-electron chi connectivity index (χ2n) is 7.57. The van der Waals surface area contributed by atoms with E-state index in [1.807, 2.05) is 19.1 Å². The fourth-order valence-electron chi connectivity index (χ4n) is 3.06.